The number of carbonyl (C=O) groups excluding carboxylic acids is 1. The van der Waals surface area contributed by atoms with E-state index in [0.29, 0.717) is 8.95 Å². The Hall–Kier alpha value is -0.730. The second kappa shape index (κ2) is 6.82. The summed E-state index contributed by atoms with van der Waals surface area (Å²) in [5.41, 5.74) is 0.283. The van der Waals surface area contributed by atoms with Gasteiger partial charge in [-0.25, -0.2) is 9.59 Å². The number of urea groups is 1. The van der Waals surface area contributed by atoms with Gasteiger partial charge in [-0.3, -0.25) is 0 Å². The van der Waals surface area contributed by atoms with Crippen LogP contribution in [0.15, 0.2) is 21.1 Å². The largest absolute Gasteiger partial charge is 0.478 e. The van der Waals surface area contributed by atoms with Gasteiger partial charge in [-0.1, -0.05) is 15.9 Å². The molecule has 1 aromatic rings. The Kier molecular flexibility index (Phi) is 5.34. The fourth-order valence-corrected chi connectivity index (χ4v) is 4.33. The third kappa shape index (κ3) is 3.89. The number of aromatic carboxylic acids is 1. The van der Waals surface area contributed by atoms with E-state index in [9.17, 15) is 14.7 Å². The van der Waals surface area contributed by atoms with Gasteiger partial charge in [0.05, 0.1) is 11.3 Å². The maximum absolute atomic E-state index is 11.9. The van der Waals surface area contributed by atoms with Crippen molar-refractivity contribution in [1.29, 1.82) is 0 Å². The number of anilines is 1. The maximum atomic E-state index is 11.9. The second-order valence-corrected chi connectivity index (χ2v) is 7.19. The van der Waals surface area contributed by atoms with Crippen molar-refractivity contribution in [3.63, 3.8) is 0 Å². The van der Waals surface area contributed by atoms with E-state index in [2.05, 4.69) is 42.5 Å². The summed E-state index contributed by atoms with van der Waals surface area (Å²) in [5.74, 6) is 0.826. The van der Waals surface area contributed by atoms with Crippen LogP contribution in [0.5, 0.6) is 0 Å². The van der Waals surface area contributed by atoms with E-state index in [1.54, 1.807) is 17.8 Å². The molecule has 1 saturated heterocycles. The van der Waals surface area contributed by atoms with Crippen LogP contribution in [0.2, 0.25) is 0 Å². The Morgan fingerprint density at radius 3 is 2.70 bits per heavy atom. The van der Waals surface area contributed by atoms with Gasteiger partial charge in [0.2, 0.25) is 0 Å². The zero-order valence-electron chi connectivity index (χ0n) is 10.3. The number of hydrogen-bond donors (Lipinski definition) is 3. The molecule has 0 radical (unpaired) electrons. The minimum atomic E-state index is -1.10. The molecule has 108 valence electrons. The Morgan fingerprint density at radius 2 is 2.10 bits per heavy atom. The van der Waals surface area contributed by atoms with Crippen molar-refractivity contribution in [3.05, 3.63) is 26.6 Å². The number of nitrogens with one attached hydrogen (secondary N) is 2. The Balaban J connectivity index is 2.15. The highest BCUT2D eigenvalue weighted by Gasteiger charge is 2.20. The van der Waals surface area contributed by atoms with E-state index < -0.39 is 5.97 Å². The van der Waals surface area contributed by atoms with Crippen molar-refractivity contribution in [1.82, 2.24) is 5.32 Å². The van der Waals surface area contributed by atoms with Gasteiger partial charge in [-0.05, 0) is 40.2 Å². The molecule has 1 unspecified atom stereocenters. The molecule has 2 amide bonds. The molecule has 0 spiro atoms. The quantitative estimate of drug-likeness (QED) is 0.694. The third-order valence-corrected chi connectivity index (χ3v) is 5.03. The van der Waals surface area contributed by atoms with Crippen LogP contribution in [-0.4, -0.2) is 34.7 Å². The van der Waals surface area contributed by atoms with Gasteiger partial charge in [-0.2, -0.15) is 11.8 Å². The molecule has 1 heterocycles. The number of rotatable bonds is 3. The Labute approximate surface area is 137 Å². The van der Waals surface area contributed by atoms with Crippen molar-refractivity contribution in [3.8, 4) is 0 Å². The molecule has 1 aliphatic rings. The number of carboxylic acids is 1. The molecule has 2 rings (SSSR count). The second-order valence-electron chi connectivity index (χ2n) is 4.27. The normalized spacial score (nSPS) is 17.8. The smallest absolute Gasteiger partial charge is 0.337 e. The molecule has 0 saturated carbocycles. The lowest BCUT2D eigenvalue weighted by Crippen LogP contribution is -2.38. The molecule has 0 bridgehead atoms. The number of hydrogen-bond acceptors (Lipinski definition) is 3. The van der Waals surface area contributed by atoms with Crippen molar-refractivity contribution < 1.29 is 14.7 Å². The van der Waals surface area contributed by atoms with Crippen molar-refractivity contribution in [2.24, 2.45) is 0 Å². The zero-order valence-corrected chi connectivity index (χ0v) is 14.3. The first kappa shape index (κ1) is 15.7. The summed E-state index contributed by atoms with van der Waals surface area (Å²) in [5, 5.41) is 14.6. The molecule has 8 heteroatoms. The number of halogens is 2. The van der Waals surface area contributed by atoms with E-state index in [0.717, 1.165) is 17.9 Å². The van der Waals surface area contributed by atoms with Crippen molar-refractivity contribution in [2.45, 2.75) is 12.5 Å². The van der Waals surface area contributed by atoms with Crippen LogP contribution in [0.1, 0.15) is 16.8 Å². The molecule has 1 aromatic carbocycles. The standard InChI is InChI=1S/C12H12Br2N2O3S/c13-6-3-8(11(17)18)10(9(14)4-6)16-12(19)15-7-1-2-20-5-7/h3-4,7H,1-2,5H2,(H,17,18)(H2,15,16,19). The zero-order chi connectivity index (χ0) is 14.7. The van der Waals surface area contributed by atoms with Crippen LogP contribution >= 0.6 is 43.6 Å². The molecule has 1 fully saturated rings. The lowest BCUT2D eigenvalue weighted by atomic mass is 10.2. The number of thioether (sulfide) groups is 1. The van der Waals surface area contributed by atoms with E-state index in [1.807, 2.05) is 0 Å². The average molecular weight is 424 g/mol. The molecule has 3 N–H and O–H groups in total. The topological polar surface area (TPSA) is 78.4 Å². The summed E-state index contributed by atoms with van der Waals surface area (Å²) in [4.78, 5) is 23.2. The van der Waals surface area contributed by atoms with Crippen LogP contribution in [0, 0.1) is 0 Å². The summed E-state index contributed by atoms with van der Waals surface area (Å²) in [6.45, 7) is 0. The molecular weight excluding hydrogens is 412 g/mol. The minimum absolute atomic E-state index is 0.0298. The highest BCUT2D eigenvalue weighted by atomic mass is 79.9. The van der Waals surface area contributed by atoms with Crippen LogP contribution in [0.4, 0.5) is 10.5 Å². The van der Waals surface area contributed by atoms with E-state index >= 15 is 0 Å². The Morgan fingerprint density at radius 1 is 1.35 bits per heavy atom. The molecular formula is C12H12Br2N2O3S. The van der Waals surface area contributed by atoms with Gasteiger partial charge < -0.3 is 15.7 Å². The molecule has 1 aliphatic heterocycles. The van der Waals surface area contributed by atoms with Crippen LogP contribution in [0.25, 0.3) is 0 Å². The minimum Gasteiger partial charge on any atom is -0.478 e. The van der Waals surface area contributed by atoms with E-state index in [1.165, 1.54) is 6.07 Å². The summed E-state index contributed by atoms with van der Waals surface area (Å²) in [6, 6.07) is 2.90. The monoisotopic (exact) mass is 422 g/mol. The van der Waals surface area contributed by atoms with Gasteiger partial charge in [0.15, 0.2) is 0 Å². The number of amides is 2. The predicted molar refractivity (Wildman–Crippen MR) is 86.7 cm³/mol. The van der Waals surface area contributed by atoms with Gasteiger partial charge in [0.25, 0.3) is 0 Å². The SMILES string of the molecule is O=C(Nc1c(Br)cc(Br)cc1C(=O)O)NC1CCSC1. The van der Waals surface area contributed by atoms with Crippen LogP contribution in [0.3, 0.4) is 0 Å². The summed E-state index contributed by atoms with van der Waals surface area (Å²) >= 11 is 8.29. The Bertz CT molecular complexity index is 548. The van der Waals surface area contributed by atoms with E-state index in [-0.39, 0.29) is 23.3 Å². The molecule has 0 aliphatic carbocycles. The summed E-state index contributed by atoms with van der Waals surface area (Å²) in [6.07, 6.45) is 0.936. The predicted octanol–water partition coefficient (Wildman–Crippen LogP) is 3.54. The lowest BCUT2D eigenvalue weighted by Gasteiger charge is -2.15. The number of benzene rings is 1. The van der Waals surface area contributed by atoms with Gasteiger partial charge in [0, 0.05) is 20.7 Å². The molecule has 0 aromatic heterocycles. The first-order chi connectivity index (χ1) is 9.47. The average Bonchev–Trinajstić information content (AvgIpc) is 2.84. The maximum Gasteiger partial charge on any atom is 0.337 e. The highest BCUT2D eigenvalue weighted by molar-refractivity contribution is 9.11. The molecule has 20 heavy (non-hydrogen) atoms. The first-order valence-electron chi connectivity index (χ1n) is 5.85. The lowest BCUT2D eigenvalue weighted by molar-refractivity contribution is 0.0698. The highest BCUT2D eigenvalue weighted by Crippen LogP contribution is 2.31. The van der Waals surface area contributed by atoms with Gasteiger partial charge in [0.1, 0.15) is 0 Å². The van der Waals surface area contributed by atoms with Crippen LogP contribution < -0.4 is 10.6 Å². The number of carbonyl (C=O) groups is 2. The van der Waals surface area contributed by atoms with Gasteiger partial charge in [-0.15, -0.1) is 0 Å². The first-order valence-corrected chi connectivity index (χ1v) is 8.59. The fraction of sp³-hybridized carbons (Fsp3) is 0.333. The van der Waals surface area contributed by atoms with Gasteiger partial charge >= 0.3 is 12.0 Å². The molecule has 5 nitrogen and oxygen atoms in total. The third-order valence-electron chi connectivity index (χ3n) is 2.79. The molecule has 1 atom stereocenters. The fourth-order valence-electron chi connectivity index (χ4n) is 1.85. The number of carboxylic acid groups (broad SMARTS) is 1. The summed E-state index contributed by atoms with van der Waals surface area (Å²) in [7, 11) is 0. The van der Waals surface area contributed by atoms with Crippen LogP contribution in [-0.2, 0) is 0 Å². The van der Waals surface area contributed by atoms with Crippen molar-refractivity contribution >= 4 is 61.3 Å². The van der Waals surface area contributed by atoms with Crippen molar-refractivity contribution in [2.75, 3.05) is 16.8 Å². The van der Waals surface area contributed by atoms with E-state index in [4.69, 9.17) is 0 Å². The summed E-state index contributed by atoms with van der Waals surface area (Å²) < 4.78 is 1.14.